The van der Waals surface area contributed by atoms with Crippen LogP contribution in [0.1, 0.15) is 39.5 Å². The number of rotatable bonds is 3. The van der Waals surface area contributed by atoms with E-state index in [9.17, 15) is 0 Å². The first-order valence-corrected chi connectivity index (χ1v) is 2.91. The first-order valence-electron chi connectivity index (χ1n) is 2.91. The van der Waals surface area contributed by atoms with Crippen LogP contribution in [0.2, 0.25) is 0 Å². The highest BCUT2D eigenvalue weighted by Crippen LogP contribution is 1.95. The Morgan fingerprint density at radius 3 is 1.12 bits per heavy atom. The van der Waals surface area contributed by atoms with E-state index in [2.05, 4.69) is 13.8 Å². The molecule has 0 fully saturated rings. The van der Waals surface area contributed by atoms with Crippen molar-refractivity contribution in [2.75, 3.05) is 0 Å². The highest BCUT2D eigenvalue weighted by atomic mass is 35.5. The maximum atomic E-state index is 2.23. The van der Waals surface area contributed by atoms with Gasteiger partial charge in [0.2, 0.25) is 0 Å². The van der Waals surface area contributed by atoms with E-state index in [1.54, 1.807) is 0 Å². The van der Waals surface area contributed by atoms with E-state index >= 15 is 0 Å². The molecule has 0 aromatic rings. The molecule has 0 unspecified atom stereocenters. The Morgan fingerprint density at radius 2 is 1.00 bits per heavy atom. The Bertz CT molecular complexity index is 18.5. The molecule has 0 saturated heterocycles. The molecular weight excluding hydrogens is 143 g/mol. The van der Waals surface area contributed by atoms with Crippen molar-refractivity contribution in [2.24, 2.45) is 0 Å². The summed E-state index contributed by atoms with van der Waals surface area (Å²) in [4.78, 5) is 0. The summed E-state index contributed by atoms with van der Waals surface area (Å²) >= 11 is 0. The number of hydrogen-bond donors (Lipinski definition) is 0. The van der Waals surface area contributed by atoms with Gasteiger partial charge in [0.15, 0.2) is 0 Å². The van der Waals surface area contributed by atoms with Gasteiger partial charge in [-0.3, -0.25) is 0 Å². The Labute approximate surface area is 64.9 Å². The lowest BCUT2D eigenvalue weighted by Crippen LogP contribution is -1.66. The average Bonchev–Trinajstić information content (AvgIpc) is 1.61. The molecule has 0 spiro atoms. The van der Waals surface area contributed by atoms with Gasteiger partial charge in [-0.1, -0.05) is 39.5 Å². The minimum Gasteiger partial charge on any atom is -0.147 e. The quantitative estimate of drug-likeness (QED) is 0.553. The maximum absolute atomic E-state index is 2.23. The highest BCUT2D eigenvalue weighted by Gasteiger charge is 1.75. The molecule has 2 heteroatoms. The molecule has 0 amide bonds. The van der Waals surface area contributed by atoms with Crippen molar-refractivity contribution in [3.63, 3.8) is 0 Å². The SMILES string of the molecule is CCCCCC.Cl.Cl. The minimum absolute atomic E-state index is 0. The second-order valence-corrected chi connectivity index (χ2v) is 1.71. The molecule has 0 nitrogen and oxygen atoms in total. The van der Waals surface area contributed by atoms with Crippen molar-refractivity contribution in [1.29, 1.82) is 0 Å². The Hall–Kier alpha value is 0.580. The van der Waals surface area contributed by atoms with Gasteiger partial charge in [0.1, 0.15) is 0 Å². The molecule has 0 rings (SSSR count). The van der Waals surface area contributed by atoms with Crippen LogP contribution < -0.4 is 0 Å². The summed E-state index contributed by atoms with van der Waals surface area (Å²) in [5.41, 5.74) is 0. The van der Waals surface area contributed by atoms with Crippen molar-refractivity contribution in [1.82, 2.24) is 0 Å². The summed E-state index contributed by atoms with van der Waals surface area (Å²) in [6, 6.07) is 0. The predicted molar refractivity (Wildman–Crippen MR) is 44.3 cm³/mol. The molecule has 0 saturated carbocycles. The summed E-state index contributed by atoms with van der Waals surface area (Å²) in [6.45, 7) is 4.46. The molecule has 0 aliphatic carbocycles. The highest BCUT2D eigenvalue weighted by molar-refractivity contribution is 5.85. The van der Waals surface area contributed by atoms with Gasteiger partial charge in [0.05, 0.1) is 0 Å². The molecule has 0 aromatic carbocycles. The smallest absolute Gasteiger partial charge is 0.0536 e. The van der Waals surface area contributed by atoms with Crippen LogP contribution in [-0.4, -0.2) is 0 Å². The third-order valence-corrected chi connectivity index (χ3v) is 0.957. The maximum Gasteiger partial charge on any atom is -0.0536 e. The molecule has 0 aliphatic rings. The molecule has 0 bridgehead atoms. The lowest BCUT2D eigenvalue weighted by Gasteiger charge is -1.86. The largest absolute Gasteiger partial charge is 0.147 e. The first-order chi connectivity index (χ1) is 2.91. The summed E-state index contributed by atoms with van der Waals surface area (Å²) < 4.78 is 0. The molecular formula is C6H16Cl2. The Kier molecular flexibility index (Phi) is 31.0. The van der Waals surface area contributed by atoms with Crippen molar-refractivity contribution in [2.45, 2.75) is 39.5 Å². The number of unbranched alkanes of at least 4 members (excludes halogenated alkanes) is 3. The molecule has 0 N–H and O–H groups in total. The van der Waals surface area contributed by atoms with Crippen LogP contribution in [0.3, 0.4) is 0 Å². The lowest BCUT2D eigenvalue weighted by molar-refractivity contribution is 0.702. The normalized spacial score (nSPS) is 6.75. The molecule has 0 radical (unpaired) electrons. The van der Waals surface area contributed by atoms with Crippen LogP contribution in [0.4, 0.5) is 0 Å². The summed E-state index contributed by atoms with van der Waals surface area (Å²) in [5.74, 6) is 0. The Morgan fingerprint density at radius 1 is 0.750 bits per heavy atom. The zero-order valence-corrected chi connectivity index (χ0v) is 7.28. The van der Waals surface area contributed by atoms with Gasteiger partial charge < -0.3 is 0 Å². The number of halogens is 2. The van der Waals surface area contributed by atoms with Gasteiger partial charge in [0.25, 0.3) is 0 Å². The van der Waals surface area contributed by atoms with Crippen LogP contribution in [0.15, 0.2) is 0 Å². The van der Waals surface area contributed by atoms with E-state index in [0.717, 1.165) is 0 Å². The van der Waals surface area contributed by atoms with Gasteiger partial charge in [0, 0.05) is 0 Å². The van der Waals surface area contributed by atoms with E-state index < -0.39 is 0 Å². The average molecular weight is 159 g/mol. The fourth-order valence-electron chi connectivity index (χ4n) is 0.500. The summed E-state index contributed by atoms with van der Waals surface area (Å²) in [7, 11) is 0. The third-order valence-electron chi connectivity index (χ3n) is 0.957. The summed E-state index contributed by atoms with van der Waals surface area (Å²) in [6.07, 6.45) is 5.54. The van der Waals surface area contributed by atoms with Gasteiger partial charge in [-0.05, 0) is 0 Å². The van der Waals surface area contributed by atoms with Gasteiger partial charge in [-0.25, -0.2) is 0 Å². The van der Waals surface area contributed by atoms with Crippen LogP contribution >= 0.6 is 24.8 Å². The predicted octanol–water partition coefficient (Wildman–Crippen LogP) is 3.43. The zero-order chi connectivity index (χ0) is 4.83. The van der Waals surface area contributed by atoms with Gasteiger partial charge in [-0.2, -0.15) is 0 Å². The molecule has 0 heterocycles. The second-order valence-electron chi connectivity index (χ2n) is 1.71. The van der Waals surface area contributed by atoms with E-state index in [-0.39, 0.29) is 24.8 Å². The zero-order valence-electron chi connectivity index (χ0n) is 5.64. The van der Waals surface area contributed by atoms with E-state index in [1.807, 2.05) is 0 Å². The Balaban J connectivity index is -0.000000125. The van der Waals surface area contributed by atoms with Crippen LogP contribution in [0, 0.1) is 0 Å². The van der Waals surface area contributed by atoms with Crippen LogP contribution in [0.25, 0.3) is 0 Å². The van der Waals surface area contributed by atoms with Crippen molar-refractivity contribution in [3.8, 4) is 0 Å². The van der Waals surface area contributed by atoms with E-state index in [1.165, 1.54) is 25.7 Å². The van der Waals surface area contributed by atoms with Crippen LogP contribution in [0.5, 0.6) is 0 Å². The topological polar surface area (TPSA) is 0 Å². The van der Waals surface area contributed by atoms with Crippen molar-refractivity contribution >= 4 is 24.8 Å². The first kappa shape index (κ1) is 15.8. The fourth-order valence-corrected chi connectivity index (χ4v) is 0.500. The summed E-state index contributed by atoms with van der Waals surface area (Å²) in [5, 5.41) is 0. The molecule has 8 heavy (non-hydrogen) atoms. The van der Waals surface area contributed by atoms with E-state index in [4.69, 9.17) is 0 Å². The van der Waals surface area contributed by atoms with Gasteiger partial charge in [-0.15, -0.1) is 24.8 Å². The van der Waals surface area contributed by atoms with Crippen molar-refractivity contribution < 1.29 is 0 Å². The number of hydrogen-bond acceptors (Lipinski definition) is 0. The monoisotopic (exact) mass is 158 g/mol. The van der Waals surface area contributed by atoms with Gasteiger partial charge >= 0.3 is 0 Å². The fraction of sp³-hybridized carbons (Fsp3) is 1.00. The standard InChI is InChI=1S/C6H14.2ClH/c1-3-5-6-4-2;;/h3-6H2,1-2H3;2*1H. The minimum atomic E-state index is 0. The molecule has 54 valence electrons. The van der Waals surface area contributed by atoms with Crippen molar-refractivity contribution in [3.05, 3.63) is 0 Å². The molecule has 0 aromatic heterocycles. The van der Waals surface area contributed by atoms with E-state index in [0.29, 0.717) is 0 Å². The second kappa shape index (κ2) is 15.6. The lowest BCUT2D eigenvalue weighted by atomic mass is 10.2. The molecule has 0 aliphatic heterocycles. The molecule has 0 atom stereocenters. The van der Waals surface area contributed by atoms with Crippen LogP contribution in [-0.2, 0) is 0 Å². The third kappa shape index (κ3) is 16.0.